The average molecular weight is 341 g/mol. The van der Waals surface area contributed by atoms with Crippen molar-refractivity contribution in [3.05, 3.63) is 28.2 Å². The molecule has 2 rings (SSSR count). The second-order valence-electron chi connectivity index (χ2n) is 5.26. The Morgan fingerprint density at radius 2 is 2.00 bits per heavy atom. The van der Waals surface area contributed by atoms with Crippen LogP contribution < -0.4 is 10.6 Å². The number of hydrogen-bond donors (Lipinski definition) is 3. The van der Waals surface area contributed by atoms with Gasteiger partial charge in [-0.25, -0.2) is 4.79 Å². The zero-order chi connectivity index (χ0) is 14.8. The molecule has 0 saturated carbocycles. The maximum absolute atomic E-state index is 12.4. The van der Waals surface area contributed by atoms with Crippen molar-refractivity contribution < 1.29 is 14.7 Å². The van der Waals surface area contributed by atoms with Gasteiger partial charge < -0.3 is 15.7 Å². The lowest BCUT2D eigenvalue weighted by molar-refractivity contribution is -0.126. The zero-order valence-corrected chi connectivity index (χ0v) is 12.8. The lowest BCUT2D eigenvalue weighted by atomic mass is 9.80. The number of halogens is 1. The van der Waals surface area contributed by atoms with Gasteiger partial charge in [-0.3, -0.25) is 4.79 Å². The standard InChI is InChI=1S/C14H17BrN2O3/c1-14(4-6-16-7-5-14)13(20)17-9-2-3-11(15)10(8-9)12(18)19/h2-3,8,16H,4-7H2,1H3,(H,17,20)(H,18,19). The molecule has 108 valence electrons. The summed E-state index contributed by atoms with van der Waals surface area (Å²) in [6.45, 7) is 3.59. The summed E-state index contributed by atoms with van der Waals surface area (Å²) in [4.78, 5) is 23.4. The van der Waals surface area contributed by atoms with Crippen molar-refractivity contribution in [3.63, 3.8) is 0 Å². The summed E-state index contributed by atoms with van der Waals surface area (Å²) in [7, 11) is 0. The Morgan fingerprint density at radius 3 is 2.60 bits per heavy atom. The van der Waals surface area contributed by atoms with Gasteiger partial charge in [0, 0.05) is 15.6 Å². The summed E-state index contributed by atoms with van der Waals surface area (Å²) < 4.78 is 0.496. The number of benzene rings is 1. The topological polar surface area (TPSA) is 78.4 Å². The molecular weight excluding hydrogens is 324 g/mol. The summed E-state index contributed by atoms with van der Waals surface area (Å²) in [5.74, 6) is -1.08. The van der Waals surface area contributed by atoms with E-state index in [1.807, 2.05) is 6.92 Å². The number of rotatable bonds is 3. The summed E-state index contributed by atoms with van der Waals surface area (Å²) in [5, 5.41) is 15.1. The lowest BCUT2D eigenvalue weighted by Crippen LogP contribution is -2.42. The van der Waals surface area contributed by atoms with Crippen molar-refractivity contribution in [2.45, 2.75) is 19.8 Å². The Hall–Kier alpha value is -1.40. The molecule has 1 amide bonds. The molecule has 1 aromatic carbocycles. The first-order valence-corrected chi connectivity index (χ1v) is 7.27. The van der Waals surface area contributed by atoms with E-state index >= 15 is 0 Å². The molecule has 20 heavy (non-hydrogen) atoms. The first kappa shape index (κ1) is 15.0. The van der Waals surface area contributed by atoms with Gasteiger partial charge in [-0.15, -0.1) is 0 Å². The van der Waals surface area contributed by atoms with Crippen LogP contribution in [-0.2, 0) is 4.79 Å². The van der Waals surface area contributed by atoms with Crippen LogP contribution in [0.25, 0.3) is 0 Å². The van der Waals surface area contributed by atoms with Crippen molar-refractivity contribution >= 4 is 33.5 Å². The van der Waals surface area contributed by atoms with Gasteiger partial charge in [-0.2, -0.15) is 0 Å². The number of aromatic carboxylic acids is 1. The van der Waals surface area contributed by atoms with E-state index in [4.69, 9.17) is 5.11 Å². The number of hydrogen-bond acceptors (Lipinski definition) is 3. The molecule has 3 N–H and O–H groups in total. The van der Waals surface area contributed by atoms with Gasteiger partial charge in [0.25, 0.3) is 0 Å². The van der Waals surface area contributed by atoms with Crippen LogP contribution in [0, 0.1) is 5.41 Å². The number of carboxylic acid groups (broad SMARTS) is 1. The predicted molar refractivity (Wildman–Crippen MR) is 79.9 cm³/mol. The fourth-order valence-corrected chi connectivity index (χ4v) is 2.67. The zero-order valence-electron chi connectivity index (χ0n) is 11.2. The van der Waals surface area contributed by atoms with Crippen LogP contribution in [0.4, 0.5) is 5.69 Å². The molecule has 6 heteroatoms. The monoisotopic (exact) mass is 340 g/mol. The van der Waals surface area contributed by atoms with Crippen LogP contribution in [0.3, 0.4) is 0 Å². The molecule has 0 radical (unpaired) electrons. The van der Waals surface area contributed by atoms with E-state index < -0.39 is 11.4 Å². The number of anilines is 1. The predicted octanol–water partition coefficient (Wildman–Crippen LogP) is 2.48. The molecule has 0 spiro atoms. The molecule has 1 aliphatic heterocycles. The molecule has 1 aromatic rings. The van der Waals surface area contributed by atoms with Gasteiger partial charge >= 0.3 is 5.97 Å². The fourth-order valence-electron chi connectivity index (χ4n) is 2.25. The van der Waals surface area contributed by atoms with Crippen LogP contribution >= 0.6 is 15.9 Å². The van der Waals surface area contributed by atoms with Crippen molar-refractivity contribution in [2.75, 3.05) is 18.4 Å². The van der Waals surface area contributed by atoms with Crippen LogP contribution in [-0.4, -0.2) is 30.1 Å². The van der Waals surface area contributed by atoms with Crippen LogP contribution in [0.15, 0.2) is 22.7 Å². The number of carbonyl (C=O) groups is 2. The number of piperidine rings is 1. The fraction of sp³-hybridized carbons (Fsp3) is 0.429. The Balaban J connectivity index is 2.15. The first-order chi connectivity index (χ1) is 9.42. The molecule has 0 aliphatic carbocycles. The van der Waals surface area contributed by atoms with Gasteiger partial charge in [0.2, 0.25) is 5.91 Å². The Labute approximate surface area is 125 Å². The summed E-state index contributed by atoms with van der Waals surface area (Å²) in [5.41, 5.74) is 0.246. The third kappa shape index (κ3) is 3.19. The highest BCUT2D eigenvalue weighted by Gasteiger charge is 2.34. The van der Waals surface area contributed by atoms with Crippen molar-refractivity contribution in [3.8, 4) is 0 Å². The summed E-state index contributed by atoms with van der Waals surface area (Å²) >= 11 is 3.18. The number of carboxylic acids is 1. The highest BCUT2D eigenvalue weighted by molar-refractivity contribution is 9.10. The van der Waals surface area contributed by atoms with Gasteiger partial charge in [0.05, 0.1) is 5.56 Å². The second-order valence-corrected chi connectivity index (χ2v) is 6.12. The van der Waals surface area contributed by atoms with Crippen molar-refractivity contribution in [1.29, 1.82) is 0 Å². The van der Waals surface area contributed by atoms with E-state index in [1.165, 1.54) is 6.07 Å². The quantitative estimate of drug-likeness (QED) is 0.789. The molecule has 0 unspecified atom stereocenters. The van der Waals surface area contributed by atoms with Gasteiger partial charge in [0.1, 0.15) is 0 Å². The van der Waals surface area contributed by atoms with E-state index in [0.717, 1.165) is 25.9 Å². The third-order valence-corrected chi connectivity index (χ3v) is 4.40. The first-order valence-electron chi connectivity index (χ1n) is 6.47. The third-order valence-electron chi connectivity index (χ3n) is 3.71. The van der Waals surface area contributed by atoms with Gasteiger partial charge in [-0.05, 0) is 60.1 Å². The number of nitrogens with one attached hydrogen (secondary N) is 2. The maximum atomic E-state index is 12.4. The van der Waals surface area contributed by atoms with Crippen LogP contribution in [0.2, 0.25) is 0 Å². The molecule has 1 aliphatic rings. The molecular formula is C14H17BrN2O3. The molecule has 0 bridgehead atoms. The second kappa shape index (κ2) is 5.93. The van der Waals surface area contributed by atoms with Gasteiger partial charge in [0.15, 0.2) is 0 Å². The SMILES string of the molecule is CC1(C(=O)Nc2ccc(Br)c(C(=O)O)c2)CCNCC1. The smallest absolute Gasteiger partial charge is 0.336 e. The molecule has 0 aromatic heterocycles. The summed E-state index contributed by atoms with van der Waals surface area (Å²) in [6.07, 6.45) is 1.56. The molecule has 1 heterocycles. The van der Waals surface area contributed by atoms with E-state index in [-0.39, 0.29) is 11.5 Å². The molecule has 0 atom stereocenters. The summed E-state index contributed by atoms with van der Waals surface area (Å²) in [6, 6.07) is 4.79. The van der Waals surface area contributed by atoms with Crippen molar-refractivity contribution in [1.82, 2.24) is 5.32 Å². The van der Waals surface area contributed by atoms with Crippen LogP contribution in [0.5, 0.6) is 0 Å². The Kier molecular flexibility index (Phi) is 4.45. The highest BCUT2D eigenvalue weighted by Crippen LogP contribution is 2.30. The number of amides is 1. The van der Waals surface area contributed by atoms with E-state index in [2.05, 4.69) is 26.6 Å². The van der Waals surface area contributed by atoms with Crippen LogP contribution in [0.1, 0.15) is 30.1 Å². The van der Waals surface area contributed by atoms with E-state index in [0.29, 0.717) is 10.2 Å². The van der Waals surface area contributed by atoms with Gasteiger partial charge in [-0.1, -0.05) is 6.92 Å². The maximum Gasteiger partial charge on any atom is 0.336 e. The largest absolute Gasteiger partial charge is 0.478 e. The minimum atomic E-state index is -1.03. The van der Waals surface area contributed by atoms with E-state index in [1.54, 1.807) is 12.1 Å². The van der Waals surface area contributed by atoms with E-state index in [9.17, 15) is 9.59 Å². The average Bonchev–Trinajstić information content (AvgIpc) is 2.41. The lowest BCUT2D eigenvalue weighted by Gasteiger charge is -2.32. The molecule has 1 saturated heterocycles. The van der Waals surface area contributed by atoms with Crippen molar-refractivity contribution in [2.24, 2.45) is 5.41 Å². The molecule has 1 fully saturated rings. The minimum Gasteiger partial charge on any atom is -0.478 e. The molecule has 5 nitrogen and oxygen atoms in total. The normalized spacial score (nSPS) is 17.5. The highest BCUT2D eigenvalue weighted by atomic mass is 79.9. The minimum absolute atomic E-state index is 0.0577. The Bertz CT molecular complexity index is 539. The number of carbonyl (C=O) groups excluding carboxylic acids is 1. The Morgan fingerprint density at radius 1 is 1.35 bits per heavy atom.